The molecule has 0 amide bonds. The van der Waals surface area contributed by atoms with E-state index in [0.717, 1.165) is 16.1 Å². The minimum absolute atomic E-state index is 0.0310. The normalized spacial score (nSPS) is 10.7. The third kappa shape index (κ3) is 2.26. The molecule has 0 aliphatic rings. The van der Waals surface area contributed by atoms with Gasteiger partial charge >= 0.3 is 0 Å². The van der Waals surface area contributed by atoms with Crippen LogP contribution in [0.1, 0.15) is 5.56 Å². The largest absolute Gasteiger partial charge is 0.492 e. The first-order valence-electron chi connectivity index (χ1n) is 6.27. The summed E-state index contributed by atoms with van der Waals surface area (Å²) in [5.41, 5.74) is 9.61. The van der Waals surface area contributed by atoms with Gasteiger partial charge in [-0.1, -0.05) is 48.0 Å². The van der Waals surface area contributed by atoms with Crippen molar-refractivity contribution in [1.29, 1.82) is 0 Å². The van der Waals surface area contributed by atoms with Crippen molar-refractivity contribution in [2.24, 2.45) is 0 Å². The molecule has 0 aliphatic carbocycles. The maximum absolute atomic E-state index is 10.1. The maximum atomic E-state index is 10.1. The first kappa shape index (κ1) is 12.7. The number of nitrogens with zero attached hydrogens (tertiary/aromatic N) is 1. The Bertz CT molecular complexity index is 747. The predicted octanol–water partition coefficient (Wildman–Crippen LogP) is 4.07. The maximum Gasteiger partial charge on any atom is 0.230 e. The summed E-state index contributed by atoms with van der Waals surface area (Å²) in [6.07, 6.45) is 0. The number of anilines is 1. The van der Waals surface area contributed by atoms with Crippen molar-refractivity contribution < 1.29 is 5.11 Å². The van der Waals surface area contributed by atoms with Gasteiger partial charge in [-0.3, -0.25) is 0 Å². The molecule has 100 valence electrons. The minimum Gasteiger partial charge on any atom is -0.492 e. The number of thiazole rings is 1. The highest BCUT2D eigenvalue weighted by Crippen LogP contribution is 2.41. The molecule has 0 atom stereocenters. The van der Waals surface area contributed by atoms with Gasteiger partial charge in [-0.05, 0) is 13.0 Å². The number of benzene rings is 2. The highest BCUT2D eigenvalue weighted by molar-refractivity contribution is 7.18. The van der Waals surface area contributed by atoms with Crippen molar-refractivity contribution in [1.82, 2.24) is 4.98 Å². The van der Waals surface area contributed by atoms with Gasteiger partial charge in [0.15, 0.2) is 0 Å². The molecule has 0 spiro atoms. The molecule has 4 heteroatoms. The third-order valence-corrected chi connectivity index (χ3v) is 4.24. The van der Waals surface area contributed by atoms with Crippen molar-refractivity contribution >= 4 is 17.0 Å². The number of aryl methyl sites for hydroxylation is 1. The first-order chi connectivity index (χ1) is 9.65. The van der Waals surface area contributed by atoms with E-state index in [1.165, 1.54) is 16.9 Å². The van der Waals surface area contributed by atoms with E-state index in [1.807, 2.05) is 55.5 Å². The van der Waals surface area contributed by atoms with Crippen LogP contribution in [0.3, 0.4) is 0 Å². The van der Waals surface area contributed by atoms with E-state index < -0.39 is 0 Å². The van der Waals surface area contributed by atoms with E-state index in [0.29, 0.717) is 10.6 Å². The summed E-state index contributed by atoms with van der Waals surface area (Å²) in [6.45, 7) is 2.04. The van der Waals surface area contributed by atoms with Gasteiger partial charge in [-0.25, -0.2) is 4.98 Å². The number of para-hydroxylation sites is 1. The van der Waals surface area contributed by atoms with Gasteiger partial charge in [0.25, 0.3) is 0 Å². The van der Waals surface area contributed by atoms with Crippen LogP contribution in [0.4, 0.5) is 5.69 Å². The number of hydrogen-bond donors (Lipinski definition) is 2. The zero-order valence-corrected chi connectivity index (χ0v) is 11.8. The molecular weight excluding hydrogens is 268 g/mol. The zero-order chi connectivity index (χ0) is 14.1. The fourth-order valence-corrected chi connectivity index (χ4v) is 3.02. The molecule has 0 unspecified atom stereocenters. The molecule has 0 radical (unpaired) electrons. The van der Waals surface area contributed by atoms with Crippen molar-refractivity contribution in [3.8, 4) is 26.9 Å². The lowest BCUT2D eigenvalue weighted by atomic mass is 10.1. The molecule has 2 aromatic carbocycles. The van der Waals surface area contributed by atoms with E-state index in [2.05, 4.69) is 4.98 Å². The van der Waals surface area contributed by atoms with E-state index in [-0.39, 0.29) is 5.88 Å². The van der Waals surface area contributed by atoms with Crippen LogP contribution in [-0.4, -0.2) is 10.1 Å². The van der Waals surface area contributed by atoms with Crippen LogP contribution in [-0.2, 0) is 0 Å². The number of nitrogen functional groups attached to an aromatic ring is 1. The molecule has 1 aromatic heterocycles. The van der Waals surface area contributed by atoms with Gasteiger partial charge < -0.3 is 10.8 Å². The fraction of sp³-hybridized carbons (Fsp3) is 0.0625. The molecule has 0 fully saturated rings. The lowest BCUT2D eigenvalue weighted by Crippen LogP contribution is -1.87. The summed E-state index contributed by atoms with van der Waals surface area (Å²) in [5.74, 6) is 0.0310. The molecule has 0 bridgehead atoms. The molecular formula is C16H14N2OS. The Morgan fingerprint density at radius 3 is 2.45 bits per heavy atom. The van der Waals surface area contributed by atoms with E-state index >= 15 is 0 Å². The lowest BCUT2D eigenvalue weighted by Gasteiger charge is -2.01. The van der Waals surface area contributed by atoms with E-state index in [1.54, 1.807) is 0 Å². The number of nitrogens with two attached hydrogens (primary N) is 1. The van der Waals surface area contributed by atoms with Crippen LogP contribution in [0.2, 0.25) is 0 Å². The number of hydrogen-bond acceptors (Lipinski definition) is 4. The molecule has 0 saturated carbocycles. The fourth-order valence-electron chi connectivity index (χ4n) is 2.01. The number of aromatic nitrogens is 1. The Hall–Kier alpha value is -2.33. The quantitative estimate of drug-likeness (QED) is 0.696. The number of rotatable bonds is 2. The summed E-state index contributed by atoms with van der Waals surface area (Å²) in [6, 6.07) is 15.6. The Labute approximate surface area is 121 Å². The van der Waals surface area contributed by atoms with Crippen molar-refractivity contribution in [2.75, 3.05) is 5.73 Å². The van der Waals surface area contributed by atoms with Gasteiger partial charge in [-0.2, -0.15) is 0 Å². The Balaban J connectivity index is 2.08. The molecule has 0 aliphatic heterocycles. The average Bonchev–Trinajstić information content (AvgIpc) is 2.82. The van der Waals surface area contributed by atoms with Gasteiger partial charge in [0.05, 0.1) is 0 Å². The van der Waals surface area contributed by atoms with Crippen molar-refractivity contribution in [3.05, 3.63) is 54.1 Å². The van der Waals surface area contributed by atoms with Crippen molar-refractivity contribution in [3.63, 3.8) is 0 Å². The van der Waals surface area contributed by atoms with E-state index in [9.17, 15) is 5.11 Å². The van der Waals surface area contributed by atoms with Gasteiger partial charge in [0, 0.05) is 16.8 Å². The highest BCUT2D eigenvalue weighted by Gasteiger charge is 2.15. The monoisotopic (exact) mass is 282 g/mol. The Kier molecular flexibility index (Phi) is 3.16. The van der Waals surface area contributed by atoms with Crippen LogP contribution < -0.4 is 5.73 Å². The number of aromatic hydroxyl groups is 1. The van der Waals surface area contributed by atoms with Gasteiger partial charge in [0.2, 0.25) is 5.88 Å². The summed E-state index contributed by atoms with van der Waals surface area (Å²) < 4.78 is 0. The minimum atomic E-state index is 0.0310. The Morgan fingerprint density at radius 2 is 1.75 bits per heavy atom. The lowest BCUT2D eigenvalue weighted by molar-refractivity contribution is 0.459. The molecule has 20 heavy (non-hydrogen) atoms. The van der Waals surface area contributed by atoms with Crippen LogP contribution in [0.25, 0.3) is 21.0 Å². The topological polar surface area (TPSA) is 59.1 Å². The third-order valence-electron chi connectivity index (χ3n) is 3.11. The SMILES string of the molecule is Cc1ccc(-c2nc(O)c(-c3ccccc3N)s2)cc1. The van der Waals surface area contributed by atoms with Gasteiger partial charge in [-0.15, -0.1) is 11.3 Å². The van der Waals surface area contributed by atoms with Crippen LogP contribution in [0.15, 0.2) is 48.5 Å². The van der Waals surface area contributed by atoms with Crippen LogP contribution in [0, 0.1) is 6.92 Å². The molecule has 3 nitrogen and oxygen atoms in total. The second-order valence-electron chi connectivity index (χ2n) is 4.63. The van der Waals surface area contributed by atoms with Crippen LogP contribution in [0.5, 0.6) is 5.88 Å². The summed E-state index contributed by atoms with van der Waals surface area (Å²) in [7, 11) is 0. The second-order valence-corrected chi connectivity index (χ2v) is 5.62. The highest BCUT2D eigenvalue weighted by atomic mass is 32.1. The zero-order valence-electron chi connectivity index (χ0n) is 11.0. The summed E-state index contributed by atoms with van der Waals surface area (Å²) in [5, 5.41) is 10.9. The van der Waals surface area contributed by atoms with Gasteiger partial charge in [0.1, 0.15) is 9.88 Å². The smallest absolute Gasteiger partial charge is 0.230 e. The standard InChI is InChI=1S/C16H14N2OS/c1-10-6-8-11(9-7-10)16-18-15(19)14(20-16)12-4-2-3-5-13(12)17/h2-9,19H,17H2,1H3. The molecule has 1 heterocycles. The Morgan fingerprint density at radius 1 is 1.05 bits per heavy atom. The summed E-state index contributed by atoms with van der Waals surface area (Å²) >= 11 is 1.44. The molecule has 3 rings (SSSR count). The van der Waals surface area contributed by atoms with E-state index in [4.69, 9.17) is 5.73 Å². The predicted molar refractivity (Wildman–Crippen MR) is 83.8 cm³/mol. The molecule has 0 saturated heterocycles. The van der Waals surface area contributed by atoms with Crippen molar-refractivity contribution in [2.45, 2.75) is 6.92 Å². The first-order valence-corrected chi connectivity index (χ1v) is 7.08. The molecule has 3 N–H and O–H groups in total. The molecule has 3 aromatic rings. The van der Waals surface area contributed by atoms with Crippen LogP contribution >= 0.6 is 11.3 Å². The average molecular weight is 282 g/mol. The second kappa shape index (κ2) is 4.98. The summed E-state index contributed by atoms with van der Waals surface area (Å²) in [4.78, 5) is 4.95.